The topological polar surface area (TPSA) is 131 Å². The Morgan fingerprint density at radius 1 is 1.43 bits per heavy atom. The molecule has 0 saturated carbocycles. The third-order valence-corrected chi connectivity index (χ3v) is 8.91. The summed E-state index contributed by atoms with van der Waals surface area (Å²) in [5.74, 6) is -1.76. The maximum Gasteiger partial charge on any atom is 0.409 e. The number of halogens is 4. The molecule has 0 unspecified atom stereocenters. The number of aromatic amines is 1. The van der Waals surface area contributed by atoms with E-state index in [-0.39, 0.29) is 60.3 Å². The number of fused-ring (bicyclic) bond motifs is 3. The fourth-order valence-electron chi connectivity index (χ4n) is 5.82. The summed E-state index contributed by atoms with van der Waals surface area (Å²) in [7, 11) is 0. The van der Waals surface area contributed by atoms with E-state index in [1.165, 1.54) is 12.1 Å². The molecule has 2 aliphatic rings. The van der Waals surface area contributed by atoms with Gasteiger partial charge in [-0.2, -0.15) is 10.2 Å². The molecule has 2 atom stereocenters. The van der Waals surface area contributed by atoms with Gasteiger partial charge in [0.1, 0.15) is 35.2 Å². The minimum atomic E-state index is -1.46. The molecule has 40 heavy (non-hydrogen) atoms. The molecular formula is C26H19ClF3N5O4S. The van der Waals surface area contributed by atoms with Crippen LogP contribution >= 0.6 is 22.9 Å². The number of aromatic nitrogens is 2. The third-order valence-electron chi connectivity index (χ3n) is 7.50. The molecule has 4 heterocycles. The summed E-state index contributed by atoms with van der Waals surface area (Å²) < 4.78 is 50.7. The van der Waals surface area contributed by atoms with Gasteiger partial charge in [-0.25, -0.2) is 18.0 Å². The Kier molecular flexibility index (Phi) is 6.36. The molecule has 2 aromatic carbocycles. The number of amides is 1. The number of thiophene rings is 1. The predicted octanol–water partition coefficient (Wildman–Crippen LogP) is 5.65. The van der Waals surface area contributed by atoms with E-state index in [0.717, 1.165) is 25.5 Å². The first-order chi connectivity index (χ1) is 19.1. The smallest absolute Gasteiger partial charge is 0.409 e. The monoisotopic (exact) mass is 589 g/mol. The van der Waals surface area contributed by atoms with Gasteiger partial charge in [0, 0.05) is 23.9 Å². The van der Waals surface area contributed by atoms with Gasteiger partial charge in [0.05, 0.1) is 26.2 Å². The second kappa shape index (κ2) is 9.65. The van der Waals surface area contributed by atoms with E-state index < -0.39 is 35.0 Å². The lowest BCUT2D eigenvalue weighted by molar-refractivity contribution is 0.107. The summed E-state index contributed by atoms with van der Waals surface area (Å²) in [6, 6.07) is 5.07. The molecule has 4 aromatic rings. The van der Waals surface area contributed by atoms with Crippen molar-refractivity contribution in [1.29, 1.82) is 5.26 Å². The molecule has 14 heteroatoms. The summed E-state index contributed by atoms with van der Waals surface area (Å²) in [6.07, 6.45) is -0.544. The number of nitrogens with one attached hydrogen (secondary N) is 2. The molecule has 0 bridgehead atoms. The first kappa shape index (κ1) is 26.4. The molecular weight excluding hydrogens is 571 g/mol. The van der Waals surface area contributed by atoms with Crippen LogP contribution in [0, 0.1) is 23.0 Å². The quantitative estimate of drug-likeness (QED) is 0.274. The van der Waals surface area contributed by atoms with Crippen molar-refractivity contribution in [3.63, 3.8) is 0 Å². The minimum Gasteiger partial charge on any atom is -0.465 e. The van der Waals surface area contributed by atoms with Crippen LogP contribution in [0.1, 0.15) is 24.8 Å². The van der Waals surface area contributed by atoms with Crippen molar-refractivity contribution in [1.82, 2.24) is 14.9 Å². The lowest BCUT2D eigenvalue weighted by Crippen LogP contribution is -2.43. The van der Waals surface area contributed by atoms with Crippen molar-refractivity contribution >= 4 is 55.0 Å². The van der Waals surface area contributed by atoms with E-state index >= 15 is 4.39 Å². The van der Waals surface area contributed by atoms with Crippen LogP contribution in [0.3, 0.4) is 0 Å². The van der Waals surface area contributed by atoms with Crippen LogP contribution in [-0.4, -0.2) is 57.5 Å². The molecule has 9 nitrogen and oxygen atoms in total. The fraction of sp³-hybridized carbons (Fsp3) is 0.308. The summed E-state index contributed by atoms with van der Waals surface area (Å²) in [5, 5.41) is 20.4. The zero-order valence-corrected chi connectivity index (χ0v) is 22.1. The van der Waals surface area contributed by atoms with Crippen LogP contribution in [-0.2, 0) is 0 Å². The average molecular weight is 590 g/mol. The van der Waals surface area contributed by atoms with Gasteiger partial charge in [-0.3, -0.25) is 20.0 Å². The molecule has 0 aliphatic carbocycles. The zero-order valence-electron chi connectivity index (χ0n) is 20.5. The highest BCUT2D eigenvalue weighted by Gasteiger charge is 2.49. The Labute approximate surface area is 232 Å². The average Bonchev–Trinajstić information content (AvgIpc) is 3.54. The second-order valence-corrected chi connectivity index (χ2v) is 11.3. The normalized spacial score (nSPS) is 20.6. The highest BCUT2D eigenvalue weighted by atomic mass is 35.5. The number of hydrogen-bond donors (Lipinski definition) is 3. The van der Waals surface area contributed by atoms with Crippen LogP contribution in [0.4, 0.5) is 23.0 Å². The van der Waals surface area contributed by atoms with E-state index in [1.807, 2.05) is 11.0 Å². The Balaban J connectivity index is 1.48. The molecule has 2 fully saturated rings. The van der Waals surface area contributed by atoms with Crippen molar-refractivity contribution < 1.29 is 27.8 Å². The Morgan fingerprint density at radius 3 is 2.98 bits per heavy atom. The van der Waals surface area contributed by atoms with Crippen LogP contribution in [0.2, 0.25) is 5.02 Å². The van der Waals surface area contributed by atoms with Crippen molar-refractivity contribution in [2.45, 2.75) is 31.0 Å². The first-order valence-electron chi connectivity index (χ1n) is 12.2. The number of ether oxygens (including phenoxy) is 1. The maximum absolute atomic E-state index is 16.2. The number of nitrogens with zero attached hydrogens (tertiary/aromatic N) is 3. The summed E-state index contributed by atoms with van der Waals surface area (Å²) >= 11 is 7.11. The van der Waals surface area contributed by atoms with Gasteiger partial charge in [-0.05, 0) is 37.1 Å². The van der Waals surface area contributed by atoms with Crippen molar-refractivity contribution in [2.24, 2.45) is 0 Å². The highest BCUT2D eigenvalue weighted by Crippen LogP contribution is 2.45. The highest BCUT2D eigenvalue weighted by molar-refractivity contribution is 7.23. The van der Waals surface area contributed by atoms with Crippen LogP contribution in [0.15, 0.2) is 23.0 Å². The number of anilines is 1. The SMILES string of the molecule is N#Cc1c(NC(=O)O)sc2c(F)ccc(-c3c(Cl)cc4c(=O)[nH]c(OC[C@@]56CCCN5C[C@H](F)C6)nc4c3F)c12. The molecule has 2 saturated heterocycles. The van der Waals surface area contributed by atoms with Gasteiger partial charge >= 0.3 is 6.09 Å². The van der Waals surface area contributed by atoms with Crippen molar-refractivity contribution in [3.05, 3.63) is 50.8 Å². The molecule has 0 spiro atoms. The molecule has 2 aliphatic heterocycles. The van der Waals surface area contributed by atoms with E-state index in [2.05, 4.69) is 15.3 Å². The Hall–Kier alpha value is -3.86. The summed E-state index contributed by atoms with van der Waals surface area (Å²) in [4.78, 5) is 32.8. The number of rotatable bonds is 5. The number of alkyl halides is 1. The van der Waals surface area contributed by atoms with Crippen molar-refractivity contribution in [2.75, 3.05) is 25.0 Å². The van der Waals surface area contributed by atoms with Gasteiger partial charge in [0.15, 0.2) is 5.82 Å². The number of carboxylic acid groups (broad SMARTS) is 1. The number of nitriles is 1. The zero-order chi connectivity index (χ0) is 28.3. The molecule has 1 amide bonds. The molecule has 0 radical (unpaired) electrons. The minimum absolute atomic E-state index is 0.0111. The third kappa shape index (κ3) is 4.14. The van der Waals surface area contributed by atoms with Gasteiger partial charge in [0.2, 0.25) is 0 Å². The van der Waals surface area contributed by atoms with Gasteiger partial charge in [-0.1, -0.05) is 17.7 Å². The van der Waals surface area contributed by atoms with Crippen LogP contribution in [0.25, 0.3) is 32.1 Å². The van der Waals surface area contributed by atoms with E-state index in [9.17, 15) is 23.6 Å². The van der Waals surface area contributed by atoms with Crippen LogP contribution in [0.5, 0.6) is 6.01 Å². The number of carbonyl (C=O) groups is 1. The number of H-pyrrole nitrogens is 1. The number of benzene rings is 2. The molecule has 206 valence electrons. The Morgan fingerprint density at radius 2 is 2.23 bits per heavy atom. The van der Waals surface area contributed by atoms with Gasteiger partial charge in [0.25, 0.3) is 11.6 Å². The van der Waals surface area contributed by atoms with E-state index in [1.54, 1.807) is 0 Å². The van der Waals surface area contributed by atoms with Crippen LogP contribution < -0.4 is 15.6 Å². The van der Waals surface area contributed by atoms with Gasteiger partial charge in [-0.15, -0.1) is 11.3 Å². The van der Waals surface area contributed by atoms with E-state index in [0.29, 0.717) is 24.3 Å². The Bertz CT molecular complexity index is 1820. The second-order valence-electron chi connectivity index (χ2n) is 9.83. The summed E-state index contributed by atoms with van der Waals surface area (Å²) in [6.45, 7) is 1.11. The van der Waals surface area contributed by atoms with E-state index in [4.69, 9.17) is 21.4 Å². The standard InChI is InChI=1S/C26H19ClF3N5O4S/c27-15-6-13-20(32-24(33-22(13)36)39-10-26-4-1-5-35(26)9-11(28)7-26)19(30)18(15)12-2-3-16(29)21-17(12)14(8-31)23(40-21)34-25(37)38/h2-3,6,11,34H,1,4-5,7,9-10H2,(H,37,38)(H,32,33,36)/t11-,26+/m1/s1. The number of hydrogen-bond acceptors (Lipinski definition) is 7. The predicted molar refractivity (Wildman–Crippen MR) is 143 cm³/mol. The van der Waals surface area contributed by atoms with Crippen molar-refractivity contribution in [3.8, 4) is 23.2 Å². The first-order valence-corrected chi connectivity index (χ1v) is 13.4. The lowest BCUT2D eigenvalue weighted by Gasteiger charge is -2.30. The fourth-order valence-corrected chi connectivity index (χ4v) is 7.19. The molecule has 2 aromatic heterocycles. The van der Waals surface area contributed by atoms with Gasteiger partial charge < -0.3 is 9.84 Å². The maximum atomic E-state index is 16.2. The summed E-state index contributed by atoms with van der Waals surface area (Å²) in [5.41, 5.74) is -2.06. The molecule has 6 rings (SSSR count). The largest absolute Gasteiger partial charge is 0.465 e. The lowest BCUT2D eigenvalue weighted by atomic mass is 9.95. The molecule has 3 N–H and O–H groups in total.